The van der Waals surface area contributed by atoms with Crippen LogP contribution in [0.5, 0.6) is 0 Å². The first-order chi connectivity index (χ1) is 8.13. The van der Waals surface area contributed by atoms with Gasteiger partial charge in [-0.15, -0.1) is 0 Å². The smallest absolute Gasteiger partial charge is 0.123 e. The lowest BCUT2D eigenvalue weighted by Gasteiger charge is -2.30. The van der Waals surface area contributed by atoms with Crippen molar-refractivity contribution in [3.8, 4) is 0 Å². The second kappa shape index (κ2) is 5.14. The van der Waals surface area contributed by atoms with Gasteiger partial charge in [-0.05, 0) is 18.6 Å². The summed E-state index contributed by atoms with van der Waals surface area (Å²) in [7, 11) is 0. The first-order valence-corrected chi connectivity index (χ1v) is 5.94. The molecule has 0 bridgehead atoms. The molecule has 1 saturated heterocycles. The van der Waals surface area contributed by atoms with E-state index in [1.807, 2.05) is 12.2 Å². The predicted octanol–water partition coefficient (Wildman–Crippen LogP) is -1.74. The van der Waals surface area contributed by atoms with Crippen LogP contribution in [0.15, 0.2) is 17.1 Å². The molecule has 0 aromatic heterocycles. The highest BCUT2D eigenvalue weighted by Gasteiger charge is 2.27. The summed E-state index contributed by atoms with van der Waals surface area (Å²) in [4.78, 5) is 6.49. The molecule has 2 rings (SSSR count). The number of rotatable bonds is 3. The van der Waals surface area contributed by atoms with Gasteiger partial charge in [-0.2, -0.15) is 0 Å². The molecule has 5 N–H and O–H groups in total. The fourth-order valence-corrected chi connectivity index (χ4v) is 2.10. The van der Waals surface area contributed by atoms with Crippen LogP contribution in [-0.2, 0) is 0 Å². The van der Waals surface area contributed by atoms with Gasteiger partial charge in [0.15, 0.2) is 0 Å². The van der Waals surface area contributed by atoms with Crippen LogP contribution in [0.4, 0.5) is 0 Å². The quantitative estimate of drug-likeness (QED) is 0.439. The molecular formula is C11H20N4O2. The summed E-state index contributed by atoms with van der Waals surface area (Å²) in [5, 5.41) is 21.2. The molecule has 6 nitrogen and oxygen atoms in total. The number of aliphatic imine (C=N–C) groups is 1. The number of dihydropyridines is 1. The zero-order valence-electron chi connectivity index (χ0n) is 9.84. The highest BCUT2D eigenvalue weighted by molar-refractivity contribution is 5.94. The zero-order valence-corrected chi connectivity index (χ0v) is 9.84. The summed E-state index contributed by atoms with van der Waals surface area (Å²) >= 11 is 0. The van der Waals surface area contributed by atoms with E-state index >= 15 is 0 Å². The Hall–Kier alpha value is -0.950. The summed E-state index contributed by atoms with van der Waals surface area (Å²) in [6.45, 7) is 2.44. The first-order valence-electron chi connectivity index (χ1n) is 5.94. The van der Waals surface area contributed by atoms with Crippen LogP contribution >= 0.6 is 0 Å². The van der Waals surface area contributed by atoms with Crippen LogP contribution < -0.4 is 11.1 Å². The van der Waals surface area contributed by atoms with E-state index in [2.05, 4.69) is 15.2 Å². The summed E-state index contributed by atoms with van der Waals surface area (Å²) in [6, 6.07) is 0. The standard InChI is InChI=1S/C11H20N4O2/c12-11(14-4-6-16)3-1-10(13-8-11)15-5-2-9(17)7-15/h1,3,9,14,16-17H,2,4-8,12H2. The van der Waals surface area contributed by atoms with E-state index in [4.69, 9.17) is 10.8 Å². The van der Waals surface area contributed by atoms with Crippen molar-refractivity contribution in [2.24, 2.45) is 10.7 Å². The first kappa shape index (κ1) is 12.5. The molecule has 2 heterocycles. The Labute approximate surface area is 101 Å². The minimum atomic E-state index is -0.662. The van der Waals surface area contributed by atoms with Crippen LogP contribution in [-0.4, -0.2) is 65.5 Å². The van der Waals surface area contributed by atoms with Gasteiger partial charge in [0.05, 0.1) is 19.3 Å². The SMILES string of the molecule is NC1(NCCO)C=CC(N2CCC(O)C2)=NC1. The van der Waals surface area contributed by atoms with Crippen molar-refractivity contribution in [1.29, 1.82) is 0 Å². The highest BCUT2D eigenvalue weighted by atomic mass is 16.3. The zero-order chi connectivity index (χ0) is 12.3. The van der Waals surface area contributed by atoms with Gasteiger partial charge in [-0.25, -0.2) is 0 Å². The molecule has 96 valence electrons. The molecule has 2 atom stereocenters. The number of likely N-dealkylation sites (tertiary alicyclic amines) is 1. The monoisotopic (exact) mass is 240 g/mol. The van der Waals surface area contributed by atoms with Crippen molar-refractivity contribution in [1.82, 2.24) is 10.2 Å². The largest absolute Gasteiger partial charge is 0.395 e. The Bertz CT molecular complexity index is 331. The minimum absolute atomic E-state index is 0.0572. The second-order valence-corrected chi connectivity index (χ2v) is 4.59. The van der Waals surface area contributed by atoms with Gasteiger partial charge in [0.2, 0.25) is 0 Å². The number of amidine groups is 1. The summed E-state index contributed by atoms with van der Waals surface area (Å²) in [6.07, 6.45) is 4.30. The number of nitrogens with zero attached hydrogens (tertiary/aromatic N) is 2. The van der Waals surface area contributed by atoms with E-state index < -0.39 is 5.66 Å². The number of β-amino-alcohol motifs (C(OH)–C–C–N with tert-alkyl or cyclic N) is 1. The lowest BCUT2D eigenvalue weighted by atomic mass is 10.1. The maximum atomic E-state index is 9.46. The molecule has 1 fully saturated rings. The van der Waals surface area contributed by atoms with Crippen molar-refractivity contribution in [2.45, 2.75) is 18.2 Å². The van der Waals surface area contributed by atoms with Gasteiger partial charge in [0.25, 0.3) is 0 Å². The predicted molar refractivity (Wildman–Crippen MR) is 65.6 cm³/mol. The van der Waals surface area contributed by atoms with Crippen molar-refractivity contribution in [3.63, 3.8) is 0 Å². The van der Waals surface area contributed by atoms with Crippen LogP contribution in [0.25, 0.3) is 0 Å². The van der Waals surface area contributed by atoms with Gasteiger partial charge in [0, 0.05) is 19.6 Å². The van der Waals surface area contributed by atoms with Crippen LogP contribution in [0, 0.1) is 0 Å². The topological polar surface area (TPSA) is 94.1 Å². The van der Waals surface area contributed by atoms with E-state index in [0.29, 0.717) is 19.6 Å². The Morgan fingerprint density at radius 1 is 1.65 bits per heavy atom. The molecular weight excluding hydrogens is 220 g/mol. The molecule has 0 saturated carbocycles. The van der Waals surface area contributed by atoms with E-state index in [0.717, 1.165) is 18.8 Å². The maximum absolute atomic E-state index is 9.46. The lowest BCUT2D eigenvalue weighted by Crippen LogP contribution is -2.56. The molecule has 6 heteroatoms. The normalized spacial score (nSPS) is 33.0. The molecule has 0 spiro atoms. The Balaban J connectivity index is 1.91. The van der Waals surface area contributed by atoms with Crippen molar-refractivity contribution in [2.75, 3.05) is 32.8 Å². The van der Waals surface area contributed by atoms with E-state index in [1.54, 1.807) is 0 Å². The van der Waals surface area contributed by atoms with Crippen LogP contribution in [0.2, 0.25) is 0 Å². The lowest BCUT2D eigenvalue weighted by molar-refractivity contribution is 0.188. The third kappa shape index (κ3) is 3.04. The molecule has 0 amide bonds. The summed E-state index contributed by atoms with van der Waals surface area (Å²) in [5.74, 6) is 0.883. The van der Waals surface area contributed by atoms with Gasteiger partial charge < -0.3 is 20.8 Å². The maximum Gasteiger partial charge on any atom is 0.123 e. The van der Waals surface area contributed by atoms with Gasteiger partial charge in [-0.3, -0.25) is 10.3 Å². The molecule has 2 unspecified atom stereocenters. The Morgan fingerprint density at radius 3 is 3.00 bits per heavy atom. The number of nitrogens with two attached hydrogens (primary N) is 1. The molecule has 2 aliphatic rings. The molecule has 2 aliphatic heterocycles. The summed E-state index contributed by atoms with van der Waals surface area (Å²) in [5.41, 5.74) is 5.39. The molecule has 0 aliphatic carbocycles. The fourth-order valence-electron chi connectivity index (χ4n) is 2.10. The highest BCUT2D eigenvalue weighted by Crippen LogP contribution is 2.14. The third-order valence-electron chi connectivity index (χ3n) is 3.09. The van der Waals surface area contributed by atoms with Gasteiger partial charge in [0.1, 0.15) is 11.5 Å². The molecule has 0 aromatic rings. The number of aliphatic hydroxyl groups is 2. The fraction of sp³-hybridized carbons (Fsp3) is 0.727. The second-order valence-electron chi connectivity index (χ2n) is 4.59. The average Bonchev–Trinajstić information content (AvgIpc) is 2.74. The van der Waals surface area contributed by atoms with E-state index in [1.165, 1.54) is 0 Å². The Kier molecular flexibility index (Phi) is 3.78. The number of hydrogen-bond donors (Lipinski definition) is 4. The van der Waals surface area contributed by atoms with Crippen LogP contribution in [0.1, 0.15) is 6.42 Å². The van der Waals surface area contributed by atoms with Crippen molar-refractivity contribution < 1.29 is 10.2 Å². The Morgan fingerprint density at radius 2 is 2.47 bits per heavy atom. The van der Waals surface area contributed by atoms with E-state index in [9.17, 15) is 5.11 Å². The van der Waals surface area contributed by atoms with Crippen molar-refractivity contribution >= 4 is 5.84 Å². The van der Waals surface area contributed by atoms with E-state index in [-0.39, 0.29) is 12.7 Å². The van der Waals surface area contributed by atoms with Crippen molar-refractivity contribution in [3.05, 3.63) is 12.2 Å². The van der Waals surface area contributed by atoms with Crippen LogP contribution in [0.3, 0.4) is 0 Å². The average molecular weight is 240 g/mol. The van der Waals surface area contributed by atoms with Gasteiger partial charge in [-0.1, -0.05) is 0 Å². The number of aliphatic hydroxyl groups excluding tert-OH is 2. The minimum Gasteiger partial charge on any atom is -0.395 e. The van der Waals surface area contributed by atoms with Gasteiger partial charge >= 0.3 is 0 Å². The molecule has 0 radical (unpaired) electrons. The number of hydrogen-bond acceptors (Lipinski definition) is 6. The summed E-state index contributed by atoms with van der Waals surface area (Å²) < 4.78 is 0. The number of nitrogens with one attached hydrogen (secondary N) is 1. The third-order valence-corrected chi connectivity index (χ3v) is 3.09. The molecule has 0 aromatic carbocycles. The molecule has 17 heavy (non-hydrogen) atoms.